The maximum absolute atomic E-state index is 12.4. The lowest BCUT2D eigenvalue weighted by atomic mass is 9.85. The third-order valence-electron chi connectivity index (χ3n) is 2.85. The Balaban J connectivity index is 3.10. The first-order valence-electron chi connectivity index (χ1n) is 6.20. The van der Waals surface area contributed by atoms with Gasteiger partial charge in [-0.1, -0.05) is 27.7 Å². The molecule has 0 aromatic carbocycles. The van der Waals surface area contributed by atoms with Gasteiger partial charge < -0.3 is 4.79 Å². The van der Waals surface area contributed by atoms with Crippen LogP contribution in [0.2, 0.25) is 0 Å². The van der Waals surface area contributed by atoms with Gasteiger partial charge in [0.2, 0.25) is 0 Å². The summed E-state index contributed by atoms with van der Waals surface area (Å²) in [4.78, 5) is 23.5. The van der Waals surface area contributed by atoms with E-state index >= 15 is 0 Å². The summed E-state index contributed by atoms with van der Waals surface area (Å²) in [7, 11) is 1.81. The van der Waals surface area contributed by atoms with Crippen LogP contribution in [0.3, 0.4) is 0 Å². The maximum Gasteiger partial charge on any atom is 0.169 e. The summed E-state index contributed by atoms with van der Waals surface area (Å²) >= 11 is 0. The number of aryl methyl sites for hydroxylation is 1. The van der Waals surface area contributed by atoms with Gasteiger partial charge >= 0.3 is 0 Å². The minimum Gasteiger partial charge on any atom is -0.300 e. The molecule has 1 aromatic rings. The number of rotatable bonds is 4. The number of hydrogen-bond acceptors (Lipinski definition) is 3. The molecule has 0 saturated heterocycles. The highest BCUT2D eigenvalue weighted by Crippen LogP contribution is 2.26. The predicted octanol–water partition coefficient (Wildman–Crippen LogP) is 2.52. The van der Waals surface area contributed by atoms with E-state index in [9.17, 15) is 9.59 Å². The first kappa shape index (κ1) is 14.6. The lowest BCUT2D eigenvalue weighted by molar-refractivity contribution is -0.117. The zero-order valence-corrected chi connectivity index (χ0v) is 12.1. The van der Waals surface area contributed by atoms with Crippen molar-refractivity contribution < 1.29 is 9.59 Å². The van der Waals surface area contributed by atoms with Gasteiger partial charge in [-0.2, -0.15) is 5.10 Å². The minimum absolute atomic E-state index is 0.00299. The van der Waals surface area contributed by atoms with Gasteiger partial charge in [-0.25, -0.2) is 0 Å². The van der Waals surface area contributed by atoms with E-state index in [4.69, 9.17) is 0 Å². The Morgan fingerprint density at radius 3 is 2.39 bits per heavy atom. The van der Waals surface area contributed by atoms with Crippen LogP contribution in [0.4, 0.5) is 0 Å². The molecule has 1 rings (SSSR count). The molecule has 4 heteroatoms. The summed E-state index contributed by atoms with van der Waals surface area (Å²) in [6.07, 6.45) is 2.04. The molecule has 0 aliphatic rings. The number of Topliss-reactive ketones (excluding diaryl/α,β-unsaturated/α-hetero) is 2. The topological polar surface area (TPSA) is 52.0 Å². The predicted molar refractivity (Wildman–Crippen MR) is 70.7 cm³/mol. The molecule has 18 heavy (non-hydrogen) atoms. The van der Waals surface area contributed by atoms with E-state index in [1.165, 1.54) is 6.92 Å². The lowest BCUT2D eigenvalue weighted by Crippen LogP contribution is -2.20. The van der Waals surface area contributed by atoms with Crippen molar-refractivity contribution in [2.45, 2.75) is 46.5 Å². The SMILES string of the molecule is CC(=O)CC(C)C(=O)c1cn(C)nc1C(C)(C)C. The van der Waals surface area contributed by atoms with Crippen LogP contribution in [0, 0.1) is 5.92 Å². The van der Waals surface area contributed by atoms with Crippen LogP contribution in [-0.2, 0) is 17.3 Å². The second-order valence-electron chi connectivity index (χ2n) is 5.99. The van der Waals surface area contributed by atoms with Crippen LogP contribution in [0.5, 0.6) is 0 Å². The minimum atomic E-state index is -0.284. The second kappa shape index (κ2) is 5.04. The standard InChI is InChI=1S/C14H22N2O2/c1-9(7-10(2)17)12(18)11-8-16(6)15-13(11)14(3,4)5/h8-9H,7H2,1-6H3. The Morgan fingerprint density at radius 1 is 1.39 bits per heavy atom. The van der Waals surface area contributed by atoms with Crippen LogP contribution in [0.25, 0.3) is 0 Å². The van der Waals surface area contributed by atoms with Crippen molar-refractivity contribution >= 4 is 11.6 Å². The average Bonchev–Trinajstić information content (AvgIpc) is 2.57. The van der Waals surface area contributed by atoms with Crippen molar-refractivity contribution in [3.8, 4) is 0 Å². The van der Waals surface area contributed by atoms with Crippen molar-refractivity contribution in [1.29, 1.82) is 0 Å². The quantitative estimate of drug-likeness (QED) is 0.771. The smallest absolute Gasteiger partial charge is 0.169 e. The molecule has 1 heterocycles. The van der Waals surface area contributed by atoms with Crippen LogP contribution in [0.15, 0.2) is 6.20 Å². The molecule has 1 aromatic heterocycles. The van der Waals surface area contributed by atoms with Gasteiger partial charge in [0.05, 0.1) is 11.3 Å². The number of nitrogens with zero attached hydrogens (tertiary/aromatic N) is 2. The van der Waals surface area contributed by atoms with Gasteiger partial charge in [0.1, 0.15) is 5.78 Å². The molecule has 4 nitrogen and oxygen atoms in total. The number of hydrogen-bond donors (Lipinski definition) is 0. The molecule has 1 atom stereocenters. The molecule has 0 amide bonds. The second-order valence-corrected chi connectivity index (χ2v) is 5.99. The van der Waals surface area contributed by atoms with Crippen molar-refractivity contribution in [3.05, 3.63) is 17.5 Å². The third-order valence-corrected chi connectivity index (χ3v) is 2.85. The molecule has 1 unspecified atom stereocenters. The van der Waals surface area contributed by atoms with E-state index in [2.05, 4.69) is 5.10 Å². The van der Waals surface area contributed by atoms with Crippen molar-refractivity contribution in [1.82, 2.24) is 9.78 Å². The molecule has 0 spiro atoms. The number of carbonyl (C=O) groups excluding carboxylic acids is 2. The fourth-order valence-corrected chi connectivity index (χ4v) is 2.01. The van der Waals surface area contributed by atoms with Crippen molar-refractivity contribution in [2.75, 3.05) is 0 Å². The van der Waals surface area contributed by atoms with E-state index in [0.717, 1.165) is 5.69 Å². The van der Waals surface area contributed by atoms with E-state index < -0.39 is 0 Å². The fraction of sp³-hybridized carbons (Fsp3) is 0.643. The zero-order valence-electron chi connectivity index (χ0n) is 12.1. The van der Waals surface area contributed by atoms with E-state index in [1.807, 2.05) is 27.8 Å². The molecule has 0 fully saturated rings. The Kier molecular flexibility index (Phi) is 4.09. The molecule has 0 radical (unpaired) electrons. The van der Waals surface area contributed by atoms with E-state index in [0.29, 0.717) is 5.56 Å². The normalized spacial score (nSPS) is 13.4. The summed E-state index contributed by atoms with van der Waals surface area (Å²) in [5.74, 6) is -0.243. The number of carbonyl (C=O) groups is 2. The van der Waals surface area contributed by atoms with Gasteiger partial charge in [-0.3, -0.25) is 9.48 Å². The van der Waals surface area contributed by atoms with Gasteiger partial charge in [0, 0.05) is 31.0 Å². The summed E-state index contributed by atoms with van der Waals surface area (Å²) in [6, 6.07) is 0. The van der Waals surface area contributed by atoms with Gasteiger partial charge in [-0.05, 0) is 6.92 Å². The maximum atomic E-state index is 12.4. The summed E-state index contributed by atoms with van der Waals surface area (Å²) in [5, 5.41) is 4.38. The number of ketones is 2. The first-order chi connectivity index (χ1) is 8.12. The molecule has 0 N–H and O–H groups in total. The Hall–Kier alpha value is -1.45. The molecule has 0 aliphatic heterocycles. The van der Waals surface area contributed by atoms with Crippen LogP contribution in [-0.4, -0.2) is 21.3 Å². The molecular formula is C14H22N2O2. The molecule has 0 saturated carbocycles. The largest absolute Gasteiger partial charge is 0.300 e. The Morgan fingerprint density at radius 2 is 1.94 bits per heavy atom. The molecule has 100 valence electrons. The van der Waals surface area contributed by atoms with Crippen LogP contribution >= 0.6 is 0 Å². The number of aromatic nitrogens is 2. The molecule has 0 aliphatic carbocycles. The fourth-order valence-electron chi connectivity index (χ4n) is 2.01. The van der Waals surface area contributed by atoms with Crippen molar-refractivity contribution in [3.63, 3.8) is 0 Å². The Labute approximate surface area is 108 Å². The summed E-state index contributed by atoms with van der Waals surface area (Å²) in [5.41, 5.74) is 1.26. The zero-order chi connectivity index (χ0) is 14.1. The van der Waals surface area contributed by atoms with Gasteiger partial charge in [-0.15, -0.1) is 0 Å². The van der Waals surface area contributed by atoms with Gasteiger partial charge in [0.15, 0.2) is 5.78 Å². The monoisotopic (exact) mass is 250 g/mol. The first-order valence-corrected chi connectivity index (χ1v) is 6.20. The van der Waals surface area contributed by atoms with E-state index in [-0.39, 0.29) is 29.3 Å². The summed E-state index contributed by atoms with van der Waals surface area (Å²) in [6.45, 7) is 9.39. The highest BCUT2D eigenvalue weighted by molar-refractivity contribution is 6.00. The average molecular weight is 250 g/mol. The summed E-state index contributed by atoms with van der Waals surface area (Å²) < 4.78 is 1.66. The van der Waals surface area contributed by atoms with Crippen LogP contribution < -0.4 is 0 Å². The van der Waals surface area contributed by atoms with E-state index in [1.54, 1.807) is 17.8 Å². The highest BCUT2D eigenvalue weighted by Gasteiger charge is 2.28. The lowest BCUT2D eigenvalue weighted by Gasteiger charge is -2.18. The molecular weight excluding hydrogens is 228 g/mol. The van der Waals surface area contributed by atoms with Gasteiger partial charge in [0.25, 0.3) is 0 Å². The third kappa shape index (κ3) is 3.28. The molecule has 0 bridgehead atoms. The van der Waals surface area contributed by atoms with Crippen molar-refractivity contribution in [2.24, 2.45) is 13.0 Å². The Bertz CT molecular complexity index is 467. The highest BCUT2D eigenvalue weighted by atomic mass is 16.1. The van der Waals surface area contributed by atoms with Crippen LogP contribution in [0.1, 0.15) is 57.1 Å².